The second-order valence-electron chi connectivity index (χ2n) is 5.53. The topological polar surface area (TPSA) is 32.8 Å². The molecule has 6 heteroatoms. The molecule has 19 heavy (non-hydrogen) atoms. The van der Waals surface area contributed by atoms with Gasteiger partial charge in [-0.2, -0.15) is 0 Å². The van der Waals surface area contributed by atoms with E-state index < -0.39 is 5.60 Å². The molecule has 0 aromatic rings. The molecule has 110 valence electrons. The number of carbonyl (C=O) groups excluding carboxylic acids is 1. The second-order valence-corrected chi connectivity index (χ2v) is 8.11. The lowest BCUT2D eigenvalue weighted by molar-refractivity contribution is 0.0153. The Hall–Kier alpha value is -0.330. The minimum absolute atomic E-state index is 0.204. The van der Waals surface area contributed by atoms with Gasteiger partial charge in [0.25, 0.3) is 0 Å². The maximum Gasteiger partial charge on any atom is 0.410 e. The number of ether oxygens (including phenoxy) is 1. The smallest absolute Gasteiger partial charge is 0.410 e. The molecule has 1 heterocycles. The van der Waals surface area contributed by atoms with Crippen LogP contribution in [0.3, 0.4) is 0 Å². The first kappa shape index (κ1) is 16.7. The lowest BCUT2D eigenvalue weighted by atomic mass is 10.2. The number of hydrogen-bond acceptors (Lipinski definition) is 5. The fourth-order valence-corrected chi connectivity index (χ4v) is 3.14. The van der Waals surface area contributed by atoms with Crippen molar-refractivity contribution in [2.75, 3.05) is 39.0 Å². The minimum Gasteiger partial charge on any atom is -0.444 e. The predicted octanol–water partition coefficient (Wildman–Crippen LogP) is 3.06. The molecule has 0 atom stereocenters. The van der Waals surface area contributed by atoms with Crippen LogP contribution in [-0.2, 0) is 4.74 Å². The van der Waals surface area contributed by atoms with Gasteiger partial charge in [0.05, 0.1) is 0 Å². The molecule has 4 nitrogen and oxygen atoms in total. The van der Waals surface area contributed by atoms with Gasteiger partial charge in [-0.05, 0) is 27.0 Å². The monoisotopic (exact) mass is 304 g/mol. The number of rotatable bonds is 4. The Morgan fingerprint density at radius 2 is 1.84 bits per heavy atom. The summed E-state index contributed by atoms with van der Waals surface area (Å²) in [5.74, 6) is 0. The maximum atomic E-state index is 11.9. The predicted molar refractivity (Wildman–Crippen MR) is 84.5 cm³/mol. The van der Waals surface area contributed by atoms with Crippen molar-refractivity contribution in [3.63, 3.8) is 0 Å². The highest BCUT2D eigenvalue weighted by Crippen LogP contribution is 2.26. The highest BCUT2D eigenvalue weighted by molar-refractivity contribution is 8.77. The molecule has 0 spiro atoms. The summed E-state index contributed by atoms with van der Waals surface area (Å²) >= 11 is 0. The zero-order valence-electron chi connectivity index (χ0n) is 12.3. The summed E-state index contributed by atoms with van der Waals surface area (Å²) in [6.45, 7) is 13.8. The zero-order valence-corrected chi connectivity index (χ0v) is 13.9. The largest absolute Gasteiger partial charge is 0.444 e. The highest BCUT2D eigenvalue weighted by Gasteiger charge is 2.25. The Bertz CT molecular complexity index is 321. The van der Waals surface area contributed by atoms with Gasteiger partial charge in [-0.3, -0.25) is 4.90 Å². The van der Waals surface area contributed by atoms with Gasteiger partial charge in [-0.15, -0.1) is 0 Å². The molecular formula is C13H24N2O2S2. The molecule has 0 aromatic heterocycles. The van der Waals surface area contributed by atoms with Gasteiger partial charge in [-0.1, -0.05) is 28.2 Å². The summed E-state index contributed by atoms with van der Waals surface area (Å²) < 4.78 is 5.38. The van der Waals surface area contributed by atoms with Crippen molar-refractivity contribution in [1.82, 2.24) is 9.80 Å². The van der Waals surface area contributed by atoms with E-state index >= 15 is 0 Å². The summed E-state index contributed by atoms with van der Waals surface area (Å²) in [6, 6.07) is 0. The van der Waals surface area contributed by atoms with Crippen LogP contribution in [0.4, 0.5) is 4.79 Å². The van der Waals surface area contributed by atoms with Crippen LogP contribution in [0.1, 0.15) is 20.8 Å². The fraction of sp³-hybridized carbons (Fsp3) is 0.769. The summed E-state index contributed by atoms with van der Waals surface area (Å²) in [4.78, 5) is 17.2. The van der Waals surface area contributed by atoms with Gasteiger partial charge < -0.3 is 9.64 Å². The molecule has 0 unspecified atom stereocenters. The molecule has 1 amide bonds. The molecule has 0 aromatic carbocycles. The Kier molecular flexibility index (Phi) is 6.56. The SMILES string of the molecule is C=C(CN1CCN(C(=O)OC(C)(C)C)CC1)SSC. The molecule has 1 rings (SSSR count). The van der Waals surface area contributed by atoms with E-state index in [1.807, 2.05) is 20.8 Å². The standard InChI is InChI=1S/C13H24N2O2S2/c1-11(19-18-5)10-14-6-8-15(9-7-14)12(16)17-13(2,3)4/h1,6-10H2,2-5H3. The van der Waals surface area contributed by atoms with Crippen LogP contribution >= 0.6 is 21.6 Å². The number of piperazine rings is 1. The van der Waals surface area contributed by atoms with Gasteiger partial charge in [-0.25, -0.2) is 4.79 Å². The van der Waals surface area contributed by atoms with Crippen LogP contribution in [0.15, 0.2) is 11.5 Å². The molecule has 0 saturated carbocycles. The number of carbonyl (C=O) groups is 1. The van der Waals surface area contributed by atoms with Crippen molar-refractivity contribution < 1.29 is 9.53 Å². The van der Waals surface area contributed by atoms with E-state index in [0.29, 0.717) is 0 Å². The van der Waals surface area contributed by atoms with Crippen LogP contribution < -0.4 is 0 Å². The average Bonchev–Trinajstić information content (AvgIpc) is 2.27. The summed E-state index contributed by atoms with van der Waals surface area (Å²) in [5, 5.41) is 0. The van der Waals surface area contributed by atoms with Crippen LogP contribution in [0.5, 0.6) is 0 Å². The summed E-state index contributed by atoms with van der Waals surface area (Å²) in [5.41, 5.74) is -0.419. The van der Waals surface area contributed by atoms with E-state index in [0.717, 1.165) is 32.7 Å². The number of nitrogens with zero attached hydrogens (tertiary/aromatic N) is 2. The molecule has 1 aliphatic rings. The minimum atomic E-state index is -0.419. The molecule has 0 N–H and O–H groups in total. The first-order chi connectivity index (χ1) is 8.81. The quantitative estimate of drug-likeness (QED) is 0.745. The maximum absolute atomic E-state index is 11.9. The van der Waals surface area contributed by atoms with Crippen LogP contribution in [0.25, 0.3) is 0 Å². The molecule has 0 aliphatic carbocycles. The molecule has 0 bridgehead atoms. The second kappa shape index (κ2) is 7.45. The third-order valence-electron chi connectivity index (χ3n) is 2.63. The van der Waals surface area contributed by atoms with Crippen LogP contribution in [0, 0.1) is 0 Å². The lowest BCUT2D eigenvalue weighted by Crippen LogP contribution is -2.50. The lowest BCUT2D eigenvalue weighted by Gasteiger charge is -2.35. The normalized spacial score (nSPS) is 17.4. The molecule has 0 radical (unpaired) electrons. The molecular weight excluding hydrogens is 280 g/mol. The van der Waals surface area contributed by atoms with Crippen molar-refractivity contribution in [1.29, 1.82) is 0 Å². The van der Waals surface area contributed by atoms with E-state index in [-0.39, 0.29) is 6.09 Å². The first-order valence-electron chi connectivity index (χ1n) is 6.40. The van der Waals surface area contributed by atoms with Crippen molar-refractivity contribution in [3.8, 4) is 0 Å². The highest BCUT2D eigenvalue weighted by atomic mass is 33.1. The number of hydrogen-bond donors (Lipinski definition) is 0. The van der Waals surface area contributed by atoms with Crippen LogP contribution in [0.2, 0.25) is 0 Å². The number of amides is 1. The third-order valence-corrected chi connectivity index (χ3v) is 4.36. The average molecular weight is 304 g/mol. The van der Waals surface area contributed by atoms with Gasteiger partial charge >= 0.3 is 6.09 Å². The van der Waals surface area contributed by atoms with E-state index in [1.165, 1.54) is 4.91 Å². The van der Waals surface area contributed by atoms with Gasteiger partial charge in [0.1, 0.15) is 5.60 Å². The van der Waals surface area contributed by atoms with Crippen molar-refractivity contribution >= 4 is 27.7 Å². The van der Waals surface area contributed by atoms with Gasteiger partial charge in [0.2, 0.25) is 0 Å². The Morgan fingerprint density at radius 1 is 1.26 bits per heavy atom. The van der Waals surface area contributed by atoms with Crippen molar-refractivity contribution in [2.45, 2.75) is 26.4 Å². The van der Waals surface area contributed by atoms with E-state index in [4.69, 9.17) is 4.74 Å². The van der Waals surface area contributed by atoms with E-state index in [1.54, 1.807) is 26.5 Å². The van der Waals surface area contributed by atoms with Crippen molar-refractivity contribution in [3.05, 3.63) is 11.5 Å². The Balaban J connectivity index is 2.32. The van der Waals surface area contributed by atoms with Crippen molar-refractivity contribution in [2.24, 2.45) is 0 Å². The van der Waals surface area contributed by atoms with Gasteiger partial charge in [0, 0.05) is 37.6 Å². The fourth-order valence-electron chi connectivity index (χ4n) is 1.81. The molecule has 1 saturated heterocycles. The van der Waals surface area contributed by atoms with E-state index in [2.05, 4.69) is 17.7 Å². The first-order valence-corrected chi connectivity index (χ1v) is 8.96. The summed E-state index contributed by atoms with van der Waals surface area (Å²) in [7, 11) is 3.43. The Labute approximate surface area is 124 Å². The molecule has 1 aliphatic heterocycles. The third kappa shape index (κ3) is 6.58. The van der Waals surface area contributed by atoms with E-state index in [9.17, 15) is 4.79 Å². The molecule has 1 fully saturated rings. The zero-order chi connectivity index (χ0) is 14.5. The van der Waals surface area contributed by atoms with Gasteiger partial charge in [0.15, 0.2) is 0 Å². The van der Waals surface area contributed by atoms with Crippen LogP contribution in [-0.4, -0.2) is 60.5 Å². The summed E-state index contributed by atoms with van der Waals surface area (Å²) in [6.07, 6.45) is 1.85. The Morgan fingerprint density at radius 3 is 2.32 bits per heavy atom.